The van der Waals surface area contributed by atoms with Crippen LogP contribution in [0.2, 0.25) is 5.02 Å². The molecule has 0 unspecified atom stereocenters. The van der Waals surface area contributed by atoms with E-state index < -0.39 is 0 Å². The van der Waals surface area contributed by atoms with Crippen molar-refractivity contribution in [2.75, 3.05) is 0 Å². The first-order chi connectivity index (χ1) is 5.77. The van der Waals surface area contributed by atoms with Crippen molar-refractivity contribution in [1.29, 1.82) is 5.26 Å². The number of aliphatic hydroxyl groups is 1. The van der Waals surface area contributed by atoms with Crippen LogP contribution in [0, 0.1) is 11.3 Å². The van der Waals surface area contributed by atoms with Gasteiger partial charge in [0.1, 0.15) is 6.07 Å². The van der Waals surface area contributed by atoms with Gasteiger partial charge in [0, 0.05) is 5.02 Å². The molecule has 0 aliphatic carbocycles. The number of halogens is 1. The Hall–Kier alpha value is -1.46. The van der Waals surface area contributed by atoms with Gasteiger partial charge >= 0.3 is 0 Å². The fourth-order valence-corrected chi connectivity index (χ4v) is 0.923. The van der Waals surface area contributed by atoms with Gasteiger partial charge in [0.15, 0.2) is 0 Å². The van der Waals surface area contributed by atoms with Crippen molar-refractivity contribution < 1.29 is 5.11 Å². The van der Waals surface area contributed by atoms with Gasteiger partial charge in [-0.3, -0.25) is 0 Å². The second-order valence-corrected chi connectivity index (χ2v) is 2.60. The molecule has 2 nitrogen and oxygen atoms in total. The van der Waals surface area contributed by atoms with Crippen molar-refractivity contribution in [2.45, 2.75) is 0 Å². The highest BCUT2D eigenvalue weighted by Gasteiger charge is 1.98. The maximum absolute atomic E-state index is 8.63. The molecular formula is C9H6ClNO. The SMILES string of the molecule is N#C/C(=C\O)c1ccc(Cl)cc1. The summed E-state index contributed by atoms with van der Waals surface area (Å²) in [6, 6.07) is 8.53. The average molecular weight is 180 g/mol. The molecule has 1 rings (SSSR count). The van der Waals surface area contributed by atoms with Crippen LogP contribution < -0.4 is 0 Å². The van der Waals surface area contributed by atoms with Gasteiger partial charge < -0.3 is 5.11 Å². The highest BCUT2D eigenvalue weighted by Crippen LogP contribution is 2.15. The Kier molecular flexibility index (Phi) is 2.73. The molecule has 1 aromatic rings. The van der Waals surface area contributed by atoms with E-state index in [4.69, 9.17) is 22.0 Å². The number of benzene rings is 1. The zero-order chi connectivity index (χ0) is 8.97. The van der Waals surface area contributed by atoms with E-state index >= 15 is 0 Å². The summed E-state index contributed by atoms with van der Waals surface area (Å²) in [5.74, 6) is 0. The second kappa shape index (κ2) is 3.80. The Morgan fingerprint density at radius 3 is 2.42 bits per heavy atom. The van der Waals surface area contributed by atoms with Crippen molar-refractivity contribution in [2.24, 2.45) is 0 Å². The van der Waals surface area contributed by atoms with Gasteiger partial charge in [-0.15, -0.1) is 0 Å². The van der Waals surface area contributed by atoms with E-state index in [-0.39, 0.29) is 5.57 Å². The van der Waals surface area contributed by atoms with Gasteiger partial charge in [0.2, 0.25) is 0 Å². The van der Waals surface area contributed by atoms with E-state index in [2.05, 4.69) is 0 Å². The topological polar surface area (TPSA) is 44.0 Å². The van der Waals surface area contributed by atoms with Gasteiger partial charge in [-0.1, -0.05) is 23.7 Å². The summed E-state index contributed by atoms with van der Waals surface area (Å²) >= 11 is 5.64. The maximum Gasteiger partial charge on any atom is 0.103 e. The van der Waals surface area contributed by atoms with E-state index in [9.17, 15) is 0 Å². The Morgan fingerprint density at radius 1 is 1.42 bits per heavy atom. The summed E-state index contributed by atoms with van der Waals surface area (Å²) in [4.78, 5) is 0. The predicted octanol–water partition coefficient (Wildman–Crippen LogP) is 2.76. The highest BCUT2D eigenvalue weighted by atomic mass is 35.5. The molecular weight excluding hydrogens is 174 g/mol. The minimum absolute atomic E-state index is 0.228. The molecule has 0 spiro atoms. The predicted molar refractivity (Wildman–Crippen MR) is 47.7 cm³/mol. The summed E-state index contributed by atoms with van der Waals surface area (Å²) in [5, 5.41) is 17.8. The van der Waals surface area contributed by atoms with Crippen LogP contribution in [-0.4, -0.2) is 5.11 Å². The quantitative estimate of drug-likeness (QED) is 0.532. The molecule has 0 radical (unpaired) electrons. The lowest BCUT2D eigenvalue weighted by Crippen LogP contribution is -1.79. The molecule has 0 amide bonds. The van der Waals surface area contributed by atoms with Crippen LogP contribution in [0.1, 0.15) is 5.56 Å². The van der Waals surface area contributed by atoms with Gasteiger partial charge in [-0.25, -0.2) is 0 Å². The summed E-state index contributed by atoms with van der Waals surface area (Å²) in [7, 11) is 0. The average Bonchev–Trinajstić information content (AvgIpc) is 2.10. The summed E-state index contributed by atoms with van der Waals surface area (Å²) in [6.45, 7) is 0. The molecule has 1 N–H and O–H groups in total. The molecule has 0 saturated heterocycles. The lowest BCUT2D eigenvalue weighted by molar-refractivity contribution is 0.476. The normalized spacial score (nSPS) is 10.8. The molecule has 3 heteroatoms. The van der Waals surface area contributed by atoms with Crippen LogP contribution in [0.25, 0.3) is 5.57 Å². The standard InChI is InChI=1S/C9H6ClNO/c10-9-3-1-7(2-4-9)8(5-11)6-12/h1-4,6,12H/b8-6+. The van der Waals surface area contributed by atoms with Crippen LogP contribution in [0.15, 0.2) is 30.5 Å². The number of hydrogen-bond acceptors (Lipinski definition) is 2. The Labute approximate surface area is 75.3 Å². The largest absolute Gasteiger partial charge is 0.514 e. The van der Waals surface area contributed by atoms with Crippen molar-refractivity contribution >= 4 is 17.2 Å². The van der Waals surface area contributed by atoms with Crippen LogP contribution in [-0.2, 0) is 0 Å². The van der Waals surface area contributed by atoms with E-state index in [1.165, 1.54) is 0 Å². The van der Waals surface area contributed by atoms with Gasteiger partial charge in [-0.2, -0.15) is 5.26 Å². The van der Waals surface area contributed by atoms with E-state index in [1.54, 1.807) is 24.3 Å². The highest BCUT2D eigenvalue weighted by molar-refractivity contribution is 6.30. The number of rotatable bonds is 1. The Morgan fingerprint density at radius 2 is 2.00 bits per heavy atom. The number of nitrogens with zero attached hydrogens (tertiary/aromatic N) is 1. The molecule has 12 heavy (non-hydrogen) atoms. The van der Waals surface area contributed by atoms with E-state index in [0.717, 1.165) is 6.26 Å². The third kappa shape index (κ3) is 1.77. The van der Waals surface area contributed by atoms with Crippen molar-refractivity contribution in [3.8, 4) is 6.07 Å². The smallest absolute Gasteiger partial charge is 0.103 e. The summed E-state index contributed by atoms with van der Waals surface area (Å²) in [6.07, 6.45) is 0.781. The number of nitriles is 1. The molecule has 0 fully saturated rings. The third-order valence-corrected chi connectivity index (χ3v) is 1.66. The minimum atomic E-state index is 0.228. The van der Waals surface area contributed by atoms with Gasteiger partial charge in [0.05, 0.1) is 11.8 Å². The maximum atomic E-state index is 8.63. The minimum Gasteiger partial charge on any atom is -0.514 e. The zero-order valence-electron chi connectivity index (χ0n) is 6.16. The molecule has 0 aliphatic rings. The van der Waals surface area contributed by atoms with Crippen molar-refractivity contribution in [3.63, 3.8) is 0 Å². The third-order valence-electron chi connectivity index (χ3n) is 1.40. The molecule has 0 bridgehead atoms. The Balaban J connectivity index is 3.06. The first-order valence-electron chi connectivity index (χ1n) is 3.28. The second-order valence-electron chi connectivity index (χ2n) is 2.16. The molecule has 0 aromatic heterocycles. The summed E-state index contributed by atoms with van der Waals surface area (Å²) < 4.78 is 0. The zero-order valence-corrected chi connectivity index (χ0v) is 6.92. The molecule has 0 atom stereocenters. The van der Waals surface area contributed by atoms with Gasteiger partial charge in [-0.05, 0) is 17.7 Å². The Bertz CT molecular complexity index is 335. The molecule has 0 heterocycles. The number of hydrogen-bond donors (Lipinski definition) is 1. The molecule has 1 aromatic carbocycles. The summed E-state index contributed by atoms with van der Waals surface area (Å²) in [5.41, 5.74) is 0.885. The van der Waals surface area contributed by atoms with Crippen molar-refractivity contribution in [1.82, 2.24) is 0 Å². The van der Waals surface area contributed by atoms with Gasteiger partial charge in [0.25, 0.3) is 0 Å². The number of allylic oxidation sites excluding steroid dienone is 1. The molecule has 0 saturated carbocycles. The molecule has 60 valence electrons. The molecule has 0 aliphatic heterocycles. The van der Waals surface area contributed by atoms with E-state index in [1.807, 2.05) is 6.07 Å². The number of aliphatic hydroxyl groups excluding tert-OH is 1. The monoisotopic (exact) mass is 179 g/mol. The van der Waals surface area contributed by atoms with Crippen molar-refractivity contribution in [3.05, 3.63) is 41.1 Å². The lowest BCUT2D eigenvalue weighted by atomic mass is 10.1. The first kappa shape index (κ1) is 8.63. The van der Waals surface area contributed by atoms with Crippen LogP contribution in [0.5, 0.6) is 0 Å². The fraction of sp³-hybridized carbons (Fsp3) is 0. The van der Waals surface area contributed by atoms with Crippen LogP contribution >= 0.6 is 11.6 Å². The van der Waals surface area contributed by atoms with Crippen LogP contribution in [0.4, 0.5) is 0 Å². The lowest BCUT2D eigenvalue weighted by Gasteiger charge is -1.95. The van der Waals surface area contributed by atoms with E-state index in [0.29, 0.717) is 10.6 Å². The van der Waals surface area contributed by atoms with Crippen LogP contribution in [0.3, 0.4) is 0 Å². The first-order valence-corrected chi connectivity index (χ1v) is 3.66. The fourth-order valence-electron chi connectivity index (χ4n) is 0.797.